The van der Waals surface area contributed by atoms with Gasteiger partial charge in [0.1, 0.15) is 13.7 Å². The highest BCUT2D eigenvalue weighted by Crippen LogP contribution is 2.75. The molecule has 1 saturated carbocycles. The van der Waals surface area contributed by atoms with E-state index in [1.54, 1.807) is 0 Å². The highest BCUT2D eigenvalue weighted by Gasteiger charge is 2.67. The molecule has 0 aromatic carbocycles. The number of carbonyl (C=O) groups is 1. The van der Waals surface area contributed by atoms with E-state index in [9.17, 15) is 9.90 Å². The van der Waals surface area contributed by atoms with Gasteiger partial charge in [-0.3, -0.25) is 4.79 Å². The number of aromatic nitrogens is 2. The molecule has 7 nitrogen and oxygen atoms in total. The van der Waals surface area contributed by atoms with Gasteiger partial charge in [-0.15, -0.1) is 10.3 Å². The van der Waals surface area contributed by atoms with Gasteiger partial charge in [0.2, 0.25) is 5.95 Å². The molecule has 4 unspecified atom stereocenters. The van der Waals surface area contributed by atoms with Gasteiger partial charge >= 0.3 is 0 Å². The monoisotopic (exact) mass is 421 g/mol. The number of hydrogen-bond donors (Lipinski definition) is 4. The van der Waals surface area contributed by atoms with Crippen LogP contribution in [-0.4, -0.2) is 117 Å². The number of nitrogens with one attached hydrogen (secondary N) is 2. The number of nitrogens with two attached hydrogens (primary N) is 1. The molecule has 1 heterocycles. The Morgan fingerprint density at radius 2 is 1.61 bits per heavy atom. The van der Waals surface area contributed by atoms with E-state index >= 15 is 0 Å². The quantitative estimate of drug-likeness (QED) is 0.384. The van der Waals surface area contributed by atoms with Crippen molar-refractivity contribution in [1.29, 1.82) is 0 Å². The maximum absolute atomic E-state index is 12.0. The highest BCUT2D eigenvalue weighted by atomic mass is 16.3. The first-order valence-electron chi connectivity index (χ1n) is 9.81. The topological polar surface area (TPSA) is 113 Å². The molecular formula is C16H17B10N5O2. The summed E-state index contributed by atoms with van der Waals surface area (Å²) in [4.78, 5) is 20.3. The number of carbonyl (C=O) groups excluding carboxylic acids is 1. The zero-order chi connectivity index (χ0) is 26.0. The summed E-state index contributed by atoms with van der Waals surface area (Å²) in [6.07, 6.45) is -0.804. The van der Waals surface area contributed by atoms with Gasteiger partial charge < -0.3 is 21.5 Å². The van der Waals surface area contributed by atoms with Gasteiger partial charge in [-0.05, 0) is 32.0 Å². The predicted molar refractivity (Wildman–Crippen MR) is 138 cm³/mol. The van der Waals surface area contributed by atoms with Crippen LogP contribution in [0.3, 0.4) is 0 Å². The summed E-state index contributed by atoms with van der Waals surface area (Å²) in [5.41, 5.74) is 2.51. The summed E-state index contributed by atoms with van der Waals surface area (Å²) in [5.74, 6) is -2.71. The lowest BCUT2D eigenvalue weighted by Gasteiger charge is -2.76. The van der Waals surface area contributed by atoms with Gasteiger partial charge in [-0.1, -0.05) is 10.5 Å². The van der Waals surface area contributed by atoms with Gasteiger partial charge in [0.05, 0.1) is 76.2 Å². The molecule has 0 spiro atoms. The van der Waals surface area contributed by atoms with Gasteiger partial charge in [-0.2, -0.15) is 4.98 Å². The fourth-order valence-corrected chi connectivity index (χ4v) is 3.79. The number of amides is 1. The number of hydrogen-bond acceptors (Lipinski definition) is 6. The van der Waals surface area contributed by atoms with Crippen molar-refractivity contribution in [1.82, 2.24) is 9.97 Å². The van der Waals surface area contributed by atoms with E-state index in [1.807, 2.05) is 20.8 Å². The second kappa shape index (κ2) is 8.17. The molecule has 1 aliphatic carbocycles. The van der Waals surface area contributed by atoms with E-state index in [0.29, 0.717) is 0 Å². The van der Waals surface area contributed by atoms with Crippen molar-refractivity contribution in [3.8, 4) is 0 Å². The molecular weight excluding hydrogens is 402 g/mol. The van der Waals surface area contributed by atoms with Gasteiger partial charge in [0, 0.05) is 17.8 Å². The van der Waals surface area contributed by atoms with E-state index in [-0.39, 0.29) is 17.3 Å². The van der Waals surface area contributed by atoms with Crippen LogP contribution in [0.4, 0.5) is 11.8 Å². The average Bonchev–Trinajstić information content (AvgIpc) is 2.62. The van der Waals surface area contributed by atoms with Crippen molar-refractivity contribution in [3.05, 3.63) is 11.8 Å². The summed E-state index contributed by atoms with van der Waals surface area (Å²) in [5, 5.41) is 6.79. The first-order valence-corrected chi connectivity index (χ1v) is 9.81. The second-order valence-corrected chi connectivity index (χ2v) is 9.70. The summed E-state index contributed by atoms with van der Waals surface area (Å²) in [6, 6.07) is 0. The van der Waals surface area contributed by atoms with Crippen LogP contribution in [0.25, 0.3) is 0 Å². The van der Waals surface area contributed by atoms with Crippen molar-refractivity contribution < 1.29 is 9.90 Å². The molecule has 17 heteroatoms. The van der Waals surface area contributed by atoms with Crippen LogP contribution in [0, 0.1) is 0 Å². The Morgan fingerprint density at radius 1 is 1.09 bits per heavy atom. The van der Waals surface area contributed by atoms with Crippen molar-refractivity contribution >= 4 is 96.1 Å². The maximum atomic E-state index is 12.0. The molecule has 5 N–H and O–H groups in total. The zero-order valence-electron chi connectivity index (χ0n) is 18.8. The molecule has 148 valence electrons. The maximum Gasteiger partial charge on any atom is 0.254 e. The lowest BCUT2D eigenvalue weighted by molar-refractivity contribution is 0.0549. The Hall–Kier alpha value is -1.24. The molecule has 1 aromatic rings. The minimum absolute atomic E-state index is 0.0907. The molecule has 1 fully saturated rings. The largest absolute Gasteiger partial charge is 0.394 e. The summed E-state index contributed by atoms with van der Waals surface area (Å²) >= 11 is 0. The van der Waals surface area contributed by atoms with Crippen LogP contribution in [-0.2, 0) is 0 Å². The number of anilines is 2. The Morgan fingerprint density at radius 3 is 2.03 bits per heavy atom. The van der Waals surface area contributed by atoms with E-state index in [0.717, 1.165) is 6.20 Å². The van der Waals surface area contributed by atoms with Crippen molar-refractivity contribution in [2.75, 3.05) is 10.6 Å². The Bertz CT molecular complexity index is 937. The van der Waals surface area contributed by atoms with Crippen LogP contribution < -0.4 is 16.4 Å². The Balaban J connectivity index is 2.70. The number of rotatable bonds is 5. The van der Waals surface area contributed by atoms with E-state index in [2.05, 4.69) is 20.6 Å². The van der Waals surface area contributed by atoms with E-state index in [1.165, 1.54) is 0 Å². The van der Waals surface area contributed by atoms with Gasteiger partial charge in [0.25, 0.3) is 5.91 Å². The summed E-state index contributed by atoms with van der Waals surface area (Å²) in [6.45, 7) is 5.56. The number of primary amides is 1. The molecule has 0 aliphatic heterocycles. The Kier molecular flexibility index (Phi) is 6.93. The van der Waals surface area contributed by atoms with Gasteiger partial charge in [0.15, 0.2) is 0 Å². The molecule has 4 atom stereocenters. The van der Waals surface area contributed by atoms with Crippen molar-refractivity contribution in [2.45, 2.75) is 64.5 Å². The lowest BCUT2D eigenvalue weighted by atomic mass is 9.05. The SMILES string of the molecule is [B]C1C(O)C([B])(C([B])([B])[B])C([B])([B])C([B])([B])C1([B])Nc1nc(NC(C)(C)C)ncc1C(N)=O. The third-order valence-corrected chi connectivity index (χ3v) is 5.97. The third kappa shape index (κ3) is 4.21. The fraction of sp³-hybridized carbons (Fsp3) is 0.688. The lowest BCUT2D eigenvalue weighted by Crippen LogP contribution is -2.72. The summed E-state index contributed by atoms with van der Waals surface area (Å²) in [7, 11) is 61.2. The number of nitrogens with zero attached hydrogens (tertiary/aromatic N) is 2. The van der Waals surface area contributed by atoms with Crippen molar-refractivity contribution in [3.63, 3.8) is 0 Å². The second-order valence-electron chi connectivity index (χ2n) is 9.70. The van der Waals surface area contributed by atoms with E-state index < -0.39 is 49.7 Å². The Labute approximate surface area is 208 Å². The number of aliphatic hydroxyl groups excluding tert-OH is 1. The van der Waals surface area contributed by atoms with Crippen LogP contribution >= 0.6 is 0 Å². The first-order chi connectivity index (χ1) is 14.5. The fourth-order valence-electron chi connectivity index (χ4n) is 3.79. The minimum Gasteiger partial charge on any atom is -0.394 e. The molecule has 1 aromatic heterocycles. The standard InChI is InChI=1S/C16H17B10N5O2/c1-11(2,3)31-10-28-4-5(8(27)33)9(29-10)30-13(19)6(17)7(32)12(18,16(24,25)26)14(20,21)15(13,22)23/h4,6-7,32H,1-3H3,(H2,27,33)(H2,28,29,30,31). The minimum atomic E-state index is -2.54. The highest BCUT2D eigenvalue weighted by molar-refractivity contribution is 6.67. The zero-order valence-corrected chi connectivity index (χ0v) is 18.8. The molecule has 0 bridgehead atoms. The van der Waals surface area contributed by atoms with Crippen LogP contribution in [0.2, 0.25) is 26.7 Å². The van der Waals surface area contributed by atoms with Crippen LogP contribution in [0.5, 0.6) is 0 Å². The molecule has 2 rings (SSSR count). The normalized spacial score (nSPS) is 31.4. The third-order valence-electron chi connectivity index (χ3n) is 5.97. The smallest absolute Gasteiger partial charge is 0.254 e. The molecule has 0 saturated heterocycles. The van der Waals surface area contributed by atoms with Crippen molar-refractivity contribution in [2.24, 2.45) is 5.73 Å². The molecule has 33 heavy (non-hydrogen) atoms. The summed E-state index contributed by atoms with van der Waals surface area (Å²) < 4.78 is 0. The molecule has 1 amide bonds. The average molecular weight is 419 g/mol. The number of aliphatic hydroxyl groups is 1. The molecule has 20 radical (unpaired) electrons. The first kappa shape index (κ1) is 28.0. The van der Waals surface area contributed by atoms with Crippen LogP contribution in [0.1, 0.15) is 31.1 Å². The van der Waals surface area contributed by atoms with Crippen LogP contribution in [0.15, 0.2) is 6.20 Å². The van der Waals surface area contributed by atoms with E-state index in [4.69, 9.17) is 84.2 Å². The molecule has 1 aliphatic rings. The van der Waals surface area contributed by atoms with Gasteiger partial charge in [-0.25, -0.2) is 4.98 Å². The predicted octanol–water partition coefficient (Wildman–Crippen LogP) is -2.79.